The van der Waals surface area contributed by atoms with E-state index in [2.05, 4.69) is 5.32 Å². The highest BCUT2D eigenvalue weighted by Gasteiger charge is 2.29. The number of carbonyl (C=O) groups is 1. The van der Waals surface area contributed by atoms with Gasteiger partial charge in [0, 0.05) is 6.26 Å². The molecule has 0 heterocycles. The average Bonchev–Trinajstić information content (AvgIpc) is 2.33. The van der Waals surface area contributed by atoms with Crippen molar-refractivity contribution < 1.29 is 23.2 Å². The molecule has 0 saturated carbocycles. The molecular formula is C12H16N2O6S. The first-order chi connectivity index (χ1) is 9.55. The van der Waals surface area contributed by atoms with Gasteiger partial charge in [0.1, 0.15) is 16.6 Å². The number of nitro groups is 1. The number of benzene rings is 1. The third-order valence-corrected chi connectivity index (χ3v) is 3.95. The Morgan fingerprint density at radius 2 is 1.95 bits per heavy atom. The van der Waals surface area contributed by atoms with Crippen LogP contribution in [0.4, 0.5) is 11.4 Å². The number of carboxylic acid groups (broad SMARTS) is 1. The fourth-order valence-electron chi connectivity index (χ4n) is 1.81. The van der Waals surface area contributed by atoms with Crippen LogP contribution >= 0.6 is 0 Å². The lowest BCUT2D eigenvalue weighted by Gasteiger charge is -2.19. The molecule has 1 aromatic rings. The van der Waals surface area contributed by atoms with Crippen molar-refractivity contribution >= 4 is 27.2 Å². The predicted molar refractivity (Wildman–Crippen MR) is 76.1 cm³/mol. The van der Waals surface area contributed by atoms with Gasteiger partial charge in [-0.15, -0.1) is 0 Å². The standard InChI is InChI=1S/C12H16N2O6S/c1-7(2)10(12(15)16)13-8-5-4-6-9(21(3,19)20)11(8)14(17)18/h4-7,10,13H,1-3H3,(H,15,16). The summed E-state index contributed by atoms with van der Waals surface area (Å²) in [5.41, 5.74) is -0.782. The van der Waals surface area contributed by atoms with Crippen molar-refractivity contribution in [3.8, 4) is 0 Å². The van der Waals surface area contributed by atoms with Crippen LogP contribution in [0.15, 0.2) is 23.1 Å². The summed E-state index contributed by atoms with van der Waals surface area (Å²) in [5.74, 6) is -1.52. The van der Waals surface area contributed by atoms with Gasteiger partial charge in [-0.25, -0.2) is 13.2 Å². The molecule has 0 amide bonds. The summed E-state index contributed by atoms with van der Waals surface area (Å²) in [4.78, 5) is 21.0. The molecule has 21 heavy (non-hydrogen) atoms. The van der Waals surface area contributed by atoms with Gasteiger partial charge in [0.2, 0.25) is 0 Å². The Morgan fingerprint density at radius 3 is 2.33 bits per heavy atom. The molecule has 0 aliphatic rings. The number of sulfone groups is 1. The maximum atomic E-state index is 11.6. The largest absolute Gasteiger partial charge is 0.480 e. The molecule has 0 radical (unpaired) electrons. The maximum absolute atomic E-state index is 11.6. The molecule has 2 N–H and O–H groups in total. The zero-order valence-electron chi connectivity index (χ0n) is 11.7. The maximum Gasteiger partial charge on any atom is 0.326 e. The fraction of sp³-hybridized carbons (Fsp3) is 0.417. The van der Waals surface area contributed by atoms with Gasteiger partial charge in [-0.05, 0) is 18.1 Å². The van der Waals surface area contributed by atoms with E-state index in [0.717, 1.165) is 12.3 Å². The van der Waals surface area contributed by atoms with Crippen LogP contribution < -0.4 is 5.32 Å². The van der Waals surface area contributed by atoms with Crippen LogP contribution in [0.25, 0.3) is 0 Å². The normalized spacial score (nSPS) is 13.0. The minimum atomic E-state index is -3.81. The lowest BCUT2D eigenvalue weighted by molar-refractivity contribution is -0.386. The van der Waals surface area contributed by atoms with E-state index in [4.69, 9.17) is 5.11 Å². The molecule has 1 rings (SSSR count). The minimum Gasteiger partial charge on any atom is -0.480 e. The zero-order valence-corrected chi connectivity index (χ0v) is 12.5. The van der Waals surface area contributed by atoms with E-state index in [1.165, 1.54) is 12.1 Å². The van der Waals surface area contributed by atoms with E-state index >= 15 is 0 Å². The van der Waals surface area contributed by atoms with Gasteiger partial charge in [0.15, 0.2) is 9.84 Å². The minimum absolute atomic E-state index is 0.135. The number of nitro benzene ring substituents is 1. The number of nitrogens with zero attached hydrogens (tertiary/aromatic N) is 1. The van der Waals surface area contributed by atoms with Crippen molar-refractivity contribution in [1.82, 2.24) is 0 Å². The molecule has 0 fully saturated rings. The van der Waals surface area contributed by atoms with Gasteiger partial charge in [-0.1, -0.05) is 19.9 Å². The second-order valence-electron chi connectivity index (χ2n) is 4.89. The Bertz CT molecular complexity index is 668. The van der Waals surface area contributed by atoms with Gasteiger partial charge in [0.05, 0.1) is 4.92 Å². The summed E-state index contributed by atoms with van der Waals surface area (Å²) in [5, 5.41) is 22.8. The number of hydrogen-bond donors (Lipinski definition) is 2. The molecule has 0 aliphatic carbocycles. The molecule has 0 aliphatic heterocycles. The molecule has 9 heteroatoms. The molecule has 0 aromatic heterocycles. The number of rotatable bonds is 6. The molecule has 1 aromatic carbocycles. The number of nitrogens with one attached hydrogen (secondary N) is 1. The number of carboxylic acids is 1. The Morgan fingerprint density at radius 1 is 1.38 bits per heavy atom. The fourth-order valence-corrected chi connectivity index (χ4v) is 2.67. The van der Waals surface area contributed by atoms with Crippen LogP contribution in [-0.4, -0.2) is 36.7 Å². The van der Waals surface area contributed by atoms with Crippen LogP contribution in [0.2, 0.25) is 0 Å². The van der Waals surface area contributed by atoms with E-state index in [9.17, 15) is 23.3 Å². The Hall–Kier alpha value is -2.16. The molecule has 0 saturated heterocycles. The summed E-state index contributed by atoms with van der Waals surface area (Å²) in [6.07, 6.45) is 0.857. The zero-order chi connectivity index (χ0) is 16.4. The highest BCUT2D eigenvalue weighted by atomic mass is 32.2. The smallest absolute Gasteiger partial charge is 0.326 e. The molecule has 0 bridgehead atoms. The van der Waals surface area contributed by atoms with Crippen LogP contribution in [0.3, 0.4) is 0 Å². The lowest BCUT2D eigenvalue weighted by Crippen LogP contribution is -2.34. The van der Waals surface area contributed by atoms with E-state index in [-0.39, 0.29) is 11.6 Å². The van der Waals surface area contributed by atoms with Crippen molar-refractivity contribution in [2.45, 2.75) is 24.8 Å². The van der Waals surface area contributed by atoms with Crippen LogP contribution in [0.5, 0.6) is 0 Å². The van der Waals surface area contributed by atoms with Crippen molar-refractivity contribution in [2.75, 3.05) is 11.6 Å². The molecule has 8 nitrogen and oxygen atoms in total. The van der Waals surface area contributed by atoms with E-state index in [1.807, 2.05) is 0 Å². The van der Waals surface area contributed by atoms with Gasteiger partial charge < -0.3 is 10.4 Å². The van der Waals surface area contributed by atoms with E-state index < -0.39 is 37.4 Å². The predicted octanol–water partition coefficient (Wildman–Crippen LogP) is 1.52. The topological polar surface area (TPSA) is 127 Å². The average molecular weight is 316 g/mol. The summed E-state index contributed by atoms with van der Waals surface area (Å²) in [6.45, 7) is 3.27. The summed E-state index contributed by atoms with van der Waals surface area (Å²) >= 11 is 0. The van der Waals surface area contributed by atoms with Gasteiger partial charge >= 0.3 is 11.7 Å². The van der Waals surface area contributed by atoms with Crippen molar-refractivity contribution in [1.29, 1.82) is 0 Å². The van der Waals surface area contributed by atoms with Crippen molar-refractivity contribution in [3.63, 3.8) is 0 Å². The highest BCUT2D eigenvalue weighted by Crippen LogP contribution is 2.32. The Labute approximate surface area is 121 Å². The first-order valence-corrected chi connectivity index (χ1v) is 7.91. The van der Waals surface area contributed by atoms with Crippen molar-refractivity contribution in [2.24, 2.45) is 5.92 Å². The summed E-state index contributed by atoms with van der Waals surface area (Å²) in [6, 6.07) is 2.65. The molecule has 1 unspecified atom stereocenters. The van der Waals surface area contributed by atoms with Crippen LogP contribution in [-0.2, 0) is 14.6 Å². The number of aliphatic carboxylic acids is 1. The van der Waals surface area contributed by atoms with Gasteiger partial charge in [0.25, 0.3) is 0 Å². The number of anilines is 1. The Kier molecular flexibility index (Phi) is 4.89. The van der Waals surface area contributed by atoms with Gasteiger partial charge in [-0.3, -0.25) is 10.1 Å². The lowest BCUT2D eigenvalue weighted by atomic mass is 10.0. The van der Waals surface area contributed by atoms with Gasteiger partial charge in [-0.2, -0.15) is 0 Å². The van der Waals surface area contributed by atoms with E-state index in [0.29, 0.717) is 0 Å². The second-order valence-corrected chi connectivity index (χ2v) is 6.87. The third-order valence-electron chi connectivity index (χ3n) is 2.82. The van der Waals surface area contributed by atoms with Crippen LogP contribution in [0, 0.1) is 16.0 Å². The van der Waals surface area contributed by atoms with E-state index in [1.54, 1.807) is 13.8 Å². The first-order valence-electron chi connectivity index (χ1n) is 6.02. The number of para-hydroxylation sites is 1. The molecular weight excluding hydrogens is 300 g/mol. The summed E-state index contributed by atoms with van der Waals surface area (Å²) < 4.78 is 23.2. The monoisotopic (exact) mass is 316 g/mol. The molecule has 0 spiro atoms. The third kappa shape index (κ3) is 3.91. The molecule has 1 atom stereocenters. The number of hydrogen-bond acceptors (Lipinski definition) is 6. The SMILES string of the molecule is CC(C)C(Nc1cccc(S(C)(=O)=O)c1[N+](=O)[O-])C(=O)O. The quantitative estimate of drug-likeness (QED) is 0.601. The first kappa shape index (κ1) is 16.9. The Balaban J connectivity index is 3.44. The van der Waals surface area contributed by atoms with Crippen LogP contribution in [0.1, 0.15) is 13.8 Å². The molecule has 116 valence electrons. The highest BCUT2D eigenvalue weighted by molar-refractivity contribution is 7.90. The van der Waals surface area contributed by atoms with Crippen molar-refractivity contribution in [3.05, 3.63) is 28.3 Å². The second kappa shape index (κ2) is 6.08. The summed E-state index contributed by atoms with van der Waals surface area (Å²) in [7, 11) is -3.81.